The third kappa shape index (κ3) is 2.38. The van der Waals surface area contributed by atoms with Gasteiger partial charge in [0.05, 0.1) is 0 Å². The lowest BCUT2D eigenvalue weighted by Crippen LogP contribution is -2.17. The first-order valence-corrected chi connectivity index (χ1v) is 4.74. The van der Waals surface area contributed by atoms with Crippen molar-refractivity contribution in [1.29, 1.82) is 0 Å². The van der Waals surface area contributed by atoms with Crippen LogP contribution in [0, 0.1) is 0 Å². The Morgan fingerprint density at radius 1 is 1.00 bits per heavy atom. The summed E-state index contributed by atoms with van der Waals surface area (Å²) in [5, 5.41) is 0.693. The molecule has 2 nitrogen and oxygen atoms in total. The Labute approximate surface area is 94.6 Å². The predicted octanol–water partition coefficient (Wildman–Crippen LogP) is 3.55. The van der Waals surface area contributed by atoms with Gasteiger partial charge in [-0.1, -0.05) is 24.3 Å². The van der Waals surface area contributed by atoms with E-state index in [1.54, 1.807) is 18.2 Å². The summed E-state index contributed by atoms with van der Waals surface area (Å²) < 4.78 is 40.4. The molecule has 2 aromatic carbocycles. The fourth-order valence-corrected chi connectivity index (χ4v) is 1.61. The van der Waals surface area contributed by atoms with E-state index in [0.717, 1.165) is 6.07 Å². The van der Waals surface area contributed by atoms with Gasteiger partial charge < -0.3 is 4.74 Å². The number of hydrogen-bond acceptors (Lipinski definition) is 2. The molecule has 5 heteroatoms. The van der Waals surface area contributed by atoms with E-state index in [2.05, 4.69) is 4.74 Å². The highest BCUT2D eigenvalue weighted by molar-refractivity contribution is 6.00. The van der Waals surface area contributed by atoms with Gasteiger partial charge >= 0.3 is 6.36 Å². The smallest absolute Gasteiger partial charge is 0.405 e. The molecule has 0 bridgehead atoms. The second-order valence-electron chi connectivity index (χ2n) is 3.36. The zero-order chi connectivity index (χ0) is 12.5. The molecule has 0 spiro atoms. The molecule has 0 radical (unpaired) electrons. The van der Waals surface area contributed by atoms with Crippen molar-refractivity contribution in [1.82, 2.24) is 0 Å². The van der Waals surface area contributed by atoms with Crippen LogP contribution in [-0.4, -0.2) is 12.6 Å². The molecule has 0 unspecified atom stereocenters. The summed E-state index contributed by atoms with van der Waals surface area (Å²) in [6, 6.07) is 8.72. The van der Waals surface area contributed by atoms with Crippen molar-refractivity contribution >= 4 is 17.1 Å². The van der Waals surface area contributed by atoms with Crippen LogP contribution in [0.5, 0.6) is 5.75 Å². The maximum absolute atomic E-state index is 12.2. The van der Waals surface area contributed by atoms with Crippen LogP contribution >= 0.6 is 0 Å². The van der Waals surface area contributed by atoms with E-state index >= 15 is 0 Å². The second-order valence-corrected chi connectivity index (χ2v) is 3.36. The highest BCUT2D eigenvalue weighted by atomic mass is 19.4. The summed E-state index contributed by atoms with van der Waals surface area (Å²) in [6.07, 6.45) is -4.15. The minimum absolute atomic E-state index is 0.259. The standard InChI is InChI=1S/C12H7F3O2/c13-12(14,15)17-11-6-5-8(7-16)9-3-1-2-4-10(9)11/h1-7H. The Morgan fingerprint density at radius 3 is 2.24 bits per heavy atom. The Hall–Kier alpha value is -2.04. The van der Waals surface area contributed by atoms with Gasteiger partial charge in [-0.3, -0.25) is 4.79 Å². The number of rotatable bonds is 2. The van der Waals surface area contributed by atoms with E-state index in [0.29, 0.717) is 17.2 Å². The summed E-state index contributed by atoms with van der Waals surface area (Å²) in [5.41, 5.74) is 0.329. The van der Waals surface area contributed by atoms with Gasteiger partial charge in [-0.15, -0.1) is 13.2 Å². The summed E-state index contributed by atoms with van der Waals surface area (Å²) in [6.45, 7) is 0. The summed E-state index contributed by atoms with van der Waals surface area (Å²) >= 11 is 0. The highest BCUT2D eigenvalue weighted by Crippen LogP contribution is 2.31. The number of alkyl halides is 3. The van der Waals surface area contributed by atoms with Crippen LogP contribution in [0.25, 0.3) is 10.8 Å². The number of benzene rings is 2. The lowest BCUT2D eigenvalue weighted by molar-refractivity contribution is -0.274. The molecular weight excluding hydrogens is 233 g/mol. The lowest BCUT2D eigenvalue weighted by Gasteiger charge is -2.12. The molecule has 0 amide bonds. The number of carbonyl (C=O) groups excluding carboxylic acids is 1. The lowest BCUT2D eigenvalue weighted by atomic mass is 10.0. The third-order valence-electron chi connectivity index (χ3n) is 2.27. The van der Waals surface area contributed by atoms with Gasteiger partial charge in [0.2, 0.25) is 0 Å². The minimum atomic E-state index is -4.74. The monoisotopic (exact) mass is 240 g/mol. The fraction of sp³-hybridized carbons (Fsp3) is 0.0833. The molecule has 17 heavy (non-hydrogen) atoms. The minimum Gasteiger partial charge on any atom is -0.405 e. The average molecular weight is 240 g/mol. The van der Waals surface area contributed by atoms with Crippen LogP contribution in [0.4, 0.5) is 13.2 Å². The van der Waals surface area contributed by atoms with Crippen LogP contribution in [0.3, 0.4) is 0 Å². The van der Waals surface area contributed by atoms with Crippen LogP contribution < -0.4 is 4.74 Å². The summed E-state index contributed by atoms with van der Waals surface area (Å²) in [5.74, 6) is -0.307. The van der Waals surface area contributed by atoms with Gasteiger partial charge in [-0.05, 0) is 17.5 Å². The first-order valence-electron chi connectivity index (χ1n) is 4.74. The molecule has 0 atom stereocenters. The Balaban J connectivity index is 2.62. The molecule has 0 aliphatic carbocycles. The summed E-state index contributed by atoms with van der Waals surface area (Å²) in [7, 11) is 0. The topological polar surface area (TPSA) is 26.3 Å². The van der Waals surface area contributed by atoms with Crippen molar-refractivity contribution in [2.24, 2.45) is 0 Å². The third-order valence-corrected chi connectivity index (χ3v) is 2.27. The second kappa shape index (κ2) is 4.08. The number of hydrogen-bond donors (Lipinski definition) is 0. The van der Waals surface area contributed by atoms with Crippen molar-refractivity contribution in [2.75, 3.05) is 0 Å². The van der Waals surface area contributed by atoms with Crippen molar-refractivity contribution < 1.29 is 22.7 Å². The molecule has 0 saturated heterocycles. The molecule has 0 N–H and O–H groups in total. The Kier molecular flexibility index (Phi) is 2.75. The predicted molar refractivity (Wildman–Crippen MR) is 56.0 cm³/mol. The zero-order valence-corrected chi connectivity index (χ0v) is 8.49. The summed E-state index contributed by atoms with van der Waals surface area (Å²) in [4.78, 5) is 10.8. The van der Waals surface area contributed by atoms with Crippen LogP contribution in [0.1, 0.15) is 10.4 Å². The zero-order valence-electron chi connectivity index (χ0n) is 8.49. The fourth-order valence-electron chi connectivity index (χ4n) is 1.61. The molecule has 0 saturated carbocycles. The van der Waals surface area contributed by atoms with Gasteiger partial charge in [0.25, 0.3) is 0 Å². The van der Waals surface area contributed by atoms with Crippen molar-refractivity contribution in [2.45, 2.75) is 6.36 Å². The van der Waals surface area contributed by atoms with Gasteiger partial charge in [0.15, 0.2) is 6.29 Å². The Bertz CT molecular complexity index is 561. The van der Waals surface area contributed by atoms with Crippen LogP contribution in [-0.2, 0) is 0 Å². The molecule has 2 rings (SSSR count). The normalized spacial score (nSPS) is 11.5. The molecule has 2 aromatic rings. The first kappa shape index (κ1) is 11.4. The Morgan fingerprint density at radius 2 is 1.65 bits per heavy atom. The van der Waals surface area contributed by atoms with Gasteiger partial charge in [0.1, 0.15) is 5.75 Å². The first-order chi connectivity index (χ1) is 8.01. The highest BCUT2D eigenvalue weighted by Gasteiger charge is 2.31. The van der Waals surface area contributed by atoms with Crippen molar-refractivity contribution in [3.8, 4) is 5.75 Å². The molecule has 0 aliphatic heterocycles. The van der Waals surface area contributed by atoms with E-state index in [4.69, 9.17) is 0 Å². The van der Waals surface area contributed by atoms with Crippen LogP contribution in [0.2, 0.25) is 0 Å². The van der Waals surface area contributed by atoms with E-state index in [1.165, 1.54) is 12.1 Å². The van der Waals surface area contributed by atoms with Gasteiger partial charge in [-0.2, -0.15) is 0 Å². The quantitative estimate of drug-likeness (QED) is 0.750. The number of carbonyl (C=O) groups is 1. The number of aldehydes is 1. The molecule has 88 valence electrons. The average Bonchev–Trinajstić information content (AvgIpc) is 2.28. The molecule has 0 aliphatic rings. The maximum Gasteiger partial charge on any atom is 0.573 e. The van der Waals surface area contributed by atoms with Crippen molar-refractivity contribution in [3.05, 3.63) is 42.0 Å². The number of fused-ring (bicyclic) bond motifs is 1. The largest absolute Gasteiger partial charge is 0.573 e. The maximum atomic E-state index is 12.2. The number of halogens is 3. The SMILES string of the molecule is O=Cc1ccc(OC(F)(F)F)c2ccccc12. The molecule has 0 aromatic heterocycles. The van der Waals surface area contributed by atoms with E-state index in [-0.39, 0.29) is 11.1 Å². The van der Waals surface area contributed by atoms with Crippen molar-refractivity contribution in [3.63, 3.8) is 0 Å². The van der Waals surface area contributed by atoms with E-state index in [9.17, 15) is 18.0 Å². The molecule has 0 heterocycles. The van der Waals surface area contributed by atoms with E-state index < -0.39 is 6.36 Å². The molecule has 0 fully saturated rings. The van der Waals surface area contributed by atoms with E-state index in [1.807, 2.05) is 0 Å². The van der Waals surface area contributed by atoms with Gasteiger partial charge in [-0.25, -0.2) is 0 Å². The van der Waals surface area contributed by atoms with Gasteiger partial charge in [0, 0.05) is 10.9 Å². The molecular formula is C12H7F3O2. The van der Waals surface area contributed by atoms with Crippen LogP contribution in [0.15, 0.2) is 36.4 Å². The number of ether oxygens (including phenoxy) is 1.